The van der Waals surface area contributed by atoms with Gasteiger partial charge < -0.3 is 21.1 Å². The van der Waals surface area contributed by atoms with Crippen LogP contribution in [0.25, 0.3) is 0 Å². The molecular weight excluding hydrogens is 455 g/mol. The molecule has 8 nitrogen and oxygen atoms in total. The number of aromatic nitrogens is 1. The van der Waals surface area contributed by atoms with Crippen molar-refractivity contribution in [3.63, 3.8) is 0 Å². The molecule has 0 aliphatic rings. The van der Waals surface area contributed by atoms with Crippen LogP contribution in [0.1, 0.15) is 42.9 Å². The van der Waals surface area contributed by atoms with Gasteiger partial charge in [-0.3, -0.25) is 14.4 Å². The minimum Gasteiger partial charge on any atom is -0.481 e. The van der Waals surface area contributed by atoms with E-state index in [2.05, 4.69) is 20.9 Å². The van der Waals surface area contributed by atoms with Gasteiger partial charge >= 0.3 is 5.97 Å². The summed E-state index contributed by atoms with van der Waals surface area (Å²) in [5.74, 6) is -1.06. The summed E-state index contributed by atoms with van der Waals surface area (Å²) in [6, 6.07) is 7.63. The van der Waals surface area contributed by atoms with Crippen molar-refractivity contribution in [3.8, 4) is 0 Å². The average molecular weight is 481 g/mol. The Morgan fingerprint density at radius 1 is 1.06 bits per heavy atom. The molecule has 2 rings (SSSR count). The molecule has 10 heteroatoms. The highest BCUT2D eigenvalue weighted by Gasteiger charge is 2.19. The number of amides is 2. The van der Waals surface area contributed by atoms with Crippen LogP contribution >= 0.6 is 23.2 Å². The molecule has 32 heavy (non-hydrogen) atoms. The number of rotatable bonds is 12. The third-order valence-electron chi connectivity index (χ3n) is 4.50. The first-order valence-corrected chi connectivity index (χ1v) is 10.9. The van der Waals surface area contributed by atoms with Crippen molar-refractivity contribution < 1.29 is 19.5 Å². The van der Waals surface area contributed by atoms with Crippen LogP contribution in [-0.4, -0.2) is 41.0 Å². The fourth-order valence-corrected chi connectivity index (χ4v) is 3.52. The number of carbonyl (C=O) groups excluding carboxylic acids is 2. The number of halogens is 2. The first-order chi connectivity index (χ1) is 15.2. The Labute approximate surface area is 196 Å². The molecule has 1 heterocycles. The maximum Gasteiger partial charge on any atom is 0.305 e. The number of unbranched alkanes of at least 4 members (excludes halogenated alkanes) is 1. The fraction of sp³-hybridized carbons (Fsp3) is 0.364. The summed E-state index contributed by atoms with van der Waals surface area (Å²) in [4.78, 5) is 39.6. The van der Waals surface area contributed by atoms with Gasteiger partial charge in [0.15, 0.2) is 0 Å². The minimum atomic E-state index is -1.09. The smallest absolute Gasteiger partial charge is 0.305 e. The molecule has 0 saturated carbocycles. The lowest BCUT2D eigenvalue weighted by atomic mass is 10.0. The molecule has 0 aliphatic heterocycles. The van der Waals surface area contributed by atoms with E-state index >= 15 is 0 Å². The molecule has 2 aromatic rings. The van der Waals surface area contributed by atoms with Gasteiger partial charge in [0.05, 0.1) is 19.0 Å². The quantitative estimate of drug-likeness (QED) is 0.343. The molecule has 0 aliphatic carbocycles. The predicted octanol–water partition coefficient (Wildman–Crippen LogP) is 3.73. The number of anilines is 1. The molecule has 1 aromatic carbocycles. The summed E-state index contributed by atoms with van der Waals surface area (Å²) in [5.41, 5.74) is 1.59. The Morgan fingerprint density at radius 2 is 1.78 bits per heavy atom. The van der Waals surface area contributed by atoms with Gasteiger partial charge in [-0.2, -0.15) is 0 Å². The van der Waals surface area contributed by atoms with E-state index in [0.29, 0.717) is 28.6 Å². The maximum absolute atomic E-state index is 12.2. The minimum absolute atomic E-state index is 0.255. The van der Waals surface area contributed by atoms with E-state index in [9.17, 15) is 14.4 Å². The standard InChI is InChI=1S/C22H26Cl2N4O4/c1-14-5-7-26-19(8-14)25-6-3-2-4-20(29)27-13-21(30)28-18(12-22(31)32)15-9-16(23)11-17(24)10-15/h5,7-11,18H,2-4,6,12-13H2,1H3,(H,25,26)(H,27,29)(H,28,30)(H,31,32). The van der Waals surface area contributed by atoms with Crippen molar-refractivity contribution in [3.05, 3.63) is 57.7 Å². The lowest BCUT2D eigenvalue weighted by Gasteiger charge is -2.18. The number of hydrogen-bond donors (Lipinski definition) is 4. The van der Waals surface area contributed by atoms with Crippen LogP contribution in [0.2, 0.25) is 10.0 Å². The normalized spacial score (nSPS) is 11.5. The summed E-state index contributed by atoms with van der Waals surface area (Å²) in [6.07, 6.45) is 3.08. The fourth-order valence-electron chi connectivity index (χ4n) is 2.98. The number of pyridine rings is 1. The Balaban J connectivity index is 1.72. The summed E-state index contributed by atoms with van der Waals surface area (Å²) in [6.45, 7) is 2.42. The highest BCUT2D eigenvalue weighted by Crippen LogP contribution is 2.25. The number of aryl methyl sites for hydroxylation is 1. The molecule has 0 radical (unpaired) electrons. The van der Waals surface area contributed by atoms with Gasteiger partial charge in [0.25, 0.3) is 0 Å². The first kappa shape index (κ1) is 25.4. The second-order valence-corrected chi connectivity index (χ2v) is 8.17. The van der Waals surface area contributed by atoms with Crippen LogP contribution in [0.4, 0.5) is 5.82 Å². The number of nitrogens with one attached hydrogen (secondary N) is 3. The largest absolute Gasteiger partial charge is 0.481 e. The van der Waals surface area contributed by atoms with Crippen LogP contribution in [-0.2, 0) is 14.4 Å². The van der Waals surface area contributed by atoms with E-state index < -0.39 is 17.9 Å². The van der Waals surface area contributed by atoms with Crippen LogP contribution in [0.5, 0.6) is 0 Å². The number of aliphatic carboxylic acids is 1. The molecule has 0 saturated heterocycles. The van der Waals surface area contributed by atoms with Crippen molar-refractivity contribution >= 4 is 46.8 Å². The van der Waals surface area contributed by atoms with E-state index in [1.807, 2.05) is 19.1 Å². The SMILES string of the molecule is Cc1ccnc(NCCCCC(=O)NCC(=O)NC(CC(=O)O)c2cc(Cl)cc(Cl)c2)c1. The Kier molecular flexibility index (Phi) is 10.2. The Hall–Kier alpha value is -2.84. The van der Waals surface area contributed by atoms with Crippen molar-refractivity contribution in [1.29, 1.82) is 0 Å². The van der Waals surface area contributed by atoms with Gasteiger partial charge in [-0.15, -0.1) is 0 Å². The second kappa shape index (κ2) is 12.9. The third-order valence-corrected chi connectivity index (χ3v) is 4.94. The molecule has 172 valence electrons. The average Bonchev–Trinajstić information content (AvgIpc) is 2.70. The summed E-state index contributed by atoms with van der Waals surface area (Å²) in [7, 11) is 0. The zero-order valence-corrected chi connectivity index (χ0v) is 19.2. The van der Waals surface area contributed by atoms with Gasteiger partial charge in [-0.05, 0) is 61.2 Å². The van der Waals surface area contributed by atoms with Crippen molar-refractivity contribution in [2.45, 2.75) is 38.6 Å². The number of carboxylic acid groups (broad SMARTS) is 1. The van der Waals surface area contributed by atoms with Crippen LogP contribution in [0.3, 0.4) is 0 Å². The van der Waals surface area contributed by atoms with E-state index in [-0.39, 0.29) is 25.3 Å². The van der Waals surface area contributed by atoms with E-state index in [4.69, 9.17) is 28.3 Å². The molecule has 4 N–H and O–H groups in total. The molecule has 1 unspecified atom stereocenters. The lowest BCUT2D eigenvalue weighted by Crippen LogP contribution is -2.39. The second-order valence-electron chi connectivity index (χ2n) is 7.30. The summed E-state index contributed by atoms with van der Waals surface area (Å²) >= 11 is 11.9. The van der Waals surface area contributed by atoms with Crippen molar-refractivity contribution in [2.75, 3.05) is 18.4 Å². The summed E-state index contributed by atoms with van der Waals surface area (Å²) < 4.78 is 0. The Bertz CT molecular complexity index is 935. The van der Waals surface area contributed by atoms with Crippen molar-refractivity contribution in [1.82, 2.24) is 15.6 Å². The maximum atomic E-state index is 12.2. The van der Waals surface area contributed by atoms with Crippen molar-refractivity contribution in [2.24, 2.45) is 0 Å². The highest BCUT2D eigenvalue weighted by molar-refractivity contribution is 6.34. The van der Waals surface area contributed by atoms with E-state index in [1.54, 1.807) is 18.3 Å². The van der Waals surface area contributed by atoms with Crippen LogP contribution < -0.4 is 16.0 Å². The van der Waals surface area contributed by atoms with Gasteiger partial charge in [-0.25, -0.2) is 4.98 Å². The first-order valence-electron chi connectivity index (χ1n) is 10.1. The number of hydrogen-bond acceptors (Lipinski definition) is 5. The number of benzene rings is 1. The molecule has 1 atom stereocenters. The molecule has 0 bridgehead atoms. The van der Waals surface area contributed by atoms with Crippen LogP contribution in [0.15, 0.2) is 36.5 Å². The zero-order valence-electron chi connectivity index (χ0n) is 17.7. The molecule has 2 amide bonds. The molecular formula is C22H26Cl2N4O4. The number of carbonyl (C=O) groups is 3. The van der Waals surface area contributed by atoms with Gasteiger partial charge in [-0.1, -0.05) is 23.2 Å². The number of nitrogens with zero attached hydrogens (tertiary/aromatic N) is 1. The van der Waals surface area contributed by atoms with Gasteiger partial charge in [0.2, 0.25) is 11.8 Å². The van der Waals surface area contributed by atoms with E-state index in [0.717, 1.165) is 17.8 Å². The molecule has 0 spiro atoms. The number of carboxylic acids is 1. The summed E-state index contributed by atoms with van der Waals surface area (Å²) in [5, 5.41) is 18.2. The predicted molar refractivity (Wildman–Crippen MR) is 124 cm³/mol. The molecule has 0 fully saturated rings. The topological polar surface area (TPSA) is 120 Å². The van der Waals surface area contributed by atoms with Gasteiger partial charge in [0.1, 0.15) is 5.82 Å². The highest BCUT2D eigenvalue weighted by atomic mass is 35.5. The zero-order chi connectivity index (χ0) is 23.5. The Morgan fingerprint density at radius 3 is 2.44 bits per heavy atom. The van der Waals surface area contributed by atoms with Crippen LogP contribution in [0, 0.1) is 6.92 Å². The lowest BCUT2D eigenvalue weighted by molar-refractivity contribution is -0.138. The molecule has 1 aromatic heterocycles. The van der Waals surface area contributed by atoms with E-state index in [1.165, 1.54) is 6.07 Å². The van der Waals surface area contributed by atoms with Gasteiger partial charge in [0, 0.05) is 29.2 Å². The third kappa shape index (κ3) is 9.53. The monoisotopic (exact) mass is 480 g/mol.